The molecule has 28 heavy (non-hydrogen) atoms. The minimum atomic E-state index is 0.0713. The third-order valence-corrected chi connectivity index (χ3v) is 6.04. The second-order valence-corrected chi connectivity index (χ2v) is 8.01. The molecular weight excluding hydrogens is 364 g/mol. The summed E-state index contributed by atoms with van der Waals surface area (Å²) in [4.78, 5) is 21.1. The first-order valence-electron chi connectivity index (χ1n) is 9.29. The largest absolute Gasteiger partial charge is 0.306 e. The van der Waals surface area contributed by atoms with Crippen LogP contribution in [0.4, 0.5) is 11.4 Å². The number of benzene rings is 2. The predicted molar refractivity (Wildman–Crippen MR) is 119 cm³/mol. The fraction of sp³-hybridized carbons (Fsp3) is 0.167. The molecule has 1 amide bonds. The Morgan fingerprint density at radius 1 is 1.14 bits per heavy atom. The van der Waals surface area contributed by atoms with Crippen LogP contribution in [-0.4, -0.2) is 11.6 Å². The molecule has 0 bridgehead atoms. The molecule has 0 spiro atoms. The maximum absolute atomic E-state index is 13.2. The van der Waals surface area contributed by atoms with E-state index in [9.17, 15) is 4.79 Å². The zero-order valence-corrected chi connectivity index (χ0v) is 16.9. The van der Waals surface area contributed by atoms with Gasteiger partial charge in [-0.2, -0.15) is 0 Å². The monoisotopic (exact) mass is 386 g/mol. The van der Waals surface area contributed by atoms with Gasteiger partial charge in [0.1, 0.15) is 0 Å². The summed E-state index contributed by atoms with van der Waals surface area (Å²) >= 11 is 1.62. The van der Waals surface area contributed by atoms with E-state index >= 15 is 0 Å². The van der Waals surface area contributed by atoms with Crippen molar-refractivity contribution in [2.75, 3.05) is 4.90 Å². The second-order valence-electron chi connectivity index (χ2n) is 7.06. The van der Waals surface area contributed by atoms with Crippen LogP contribution in [0.5, 0.6) is 0 Å². The average molecular weight is 387 g/mol. The summed E-state index contributed by atoms with van der Waals surface area (Å²) in [5.74, 6) is 0.0713. The number of rotatable bonds is 4. The molecule has 1 aliphatic rings. The summed E-state index contributed by atoms with van der Waals surface area (Å²) in [5.41, 5.74) is 7.08. The van der Waals surface area contributed by atoms with Crippen molar-refractivity contribution in [1.82, 2.24) is 0 Å². The van der Waals surface area contributed by atoms with Crippen LogP contribution in [0.15, 0.2) is 65.5 Å². The van der Waals surface area contributed by atoms with Gasteiger partial charge in [0.05, 0.1) is 30.1 Å². The fourth-order valence-electron chi connectivity index (χ4n) is 3.35. The molecule has 0 N–H and O–H groups in total. The maximum Gasteiger partial charge on any atom is 0.233 e. The van der Waals surface area contributed by atoms with E-state index in [4.69, 9.17) is 4.99 Å². The summed E-state index contributed by atoms with van der Waals surface area (Å²) in [6, 6.07) is 16.4. The van der Waals surface area contributed by atoms with E-state index in [1.54, 1.807) is 11.3 Å². The molecule has 0 saturated carbocycles. The minimum Gasteiger partial charge on any atom is -0.306 e. The van der Waals surface area contributed by atoms with Crippen molar-refractivity contribution < 1.29 is 4.79 Å². The summed E-state index contributed by atoms with van der Waals surface area (Å²) in [6.07, 6.45) is 2.13. The highest BCUT2D eigenvalue weighted by Crippen LogP contribution is 2.36. The van der Waals surface area contributed by atoms with E-state index in [0.29, 0.717) is 13.0 Å². The lowest BCUT2D eigenvalue weighted by Gasteiger charge is -2.23. The van der Waals surface area contributed by atoms with Crippen molar-refractivity contribution in [1.29, 1.82) is 0 Å². The molecule has 1 aromatic heterocycles. The lowest BCUT2D eigenvalue weighted by molar-refractivity contribution is -0.117. The molecule has 0 aliphatic carbocycles. The molecule has 4 heteroatoms. The van der Waals surface area contributed by atoms with Crippen molar-refractivity contribution in [2.45, 2.75) is 26.8 Å². The van der Waals surface area contributed by atoms with E-state index in [2.05, 4.69) is 44.7 Å². The van der Waals surface area contributed by atoms with Crippen LogP contribution in [0, 0.1) is 13.8 Å². The van der Waals surface area contributed by atoms with Gasteiger partial charge in [-0.3, -0.25) is 4.79 Å². The standard InChI is InChI=1S/C24H22N2OS/c1-4-18-7-9-19(10-8-18)15-26-22-13-17(3)16(2)12-20(22)25-21(14-24(26)27)23-6-5-11-28-23/h4-13H,1,14-15H2,2-3H3. The highest BCUT2D eigenvalue weighted by atomic mass is 32.1. The summed E-state index contributed by atoms with van der Waals surface area (Å²) < 4.78 is 0. The van der Waals surface area contributed by atoms with Crippen LogP contribution in [0.2, 0.25) is 0 Å². The Hall–Kier alpha value is -2.98. The van der Waals surface area contributed by atoms with Gasteiger partial charge in [0, 0.05) is 4.88 Å². The Kier molecular flexibility index (Phi) is 4.97. The Bertz CT molecular complexity index is 1060. The molecule has 0 unspecified atom stereocenters. The van der Waals surface area contributed by atoms with Crippen molar-refractivity contribution in [2.24, 2.45) is 4.99 Å². The first-order chi connectivity index (χ1) is 13.5. The van der Waals surface area contributed by atoms with E-state index in [-0.39, 0.29) is 5.91 Å². The lowest BCUT2D eigenvalue weighted by Crippen LogP contribution is -2.31. The van der Waals surface area contributed by atoms with E-state index in [1.165, 1.54) is 5.56 Å². The van der Waals surface area contributed by atoms with E-state index < -0.39 is 0 Å². The summed E-state index contributed by atoms with van der Waals surface area (Å²) in [7, 11) is 0. The number of anilines is 1. The molecule has 3 aromatic rings. The molecule has 140 valence electrons. The van der Waals surface area contributed by atoms with Crippen LogP contribution in [0.1, 0.15) is 33.6 Å². The smallest absolute Gasteiger partial charge is 0.233 e. The highest BCUT2D eigenvalue weighted by Gasteiger charge is 2.26. The predicted octanol–water partition coefficient (Wildman–Crippen LogP) is 6.07. The Labute approximate surface area is 169 Å². The van der Waals surface area contributed by atoms with Gasteiger partial charge in [0.2, 0.25) is 5.91 Å². The van der Waals surface area contributed by atoms with Crippen LogP contribution in [0.3, 0.4) is 0 Å². The molecule has 1 aliphatic heterocycles. The topological polar surface area (TPSA) is 32.7 Å². The number of hydrogen-bond donors (Lipinski definition) is 0. The van der Waals surface area contributed by atoms with Gasteiger partial charge in [0.15, 0.2) is 0 Å². The van der Waals surface area contributed by atoms with Gasteiger partial charge in [-0.15, -0.1) is 11.3 Å². The normalized spacial score (nSPS) is 13.7. The third-order valence-electron chi connectivity index (χ3n) is 5.12. The van der Waals surface area contributed by atoms with E-state index in [1.807, 2.05) is 40.6 Å². The van der Waals surface area contributed by atoms with Crippen molar-refractivity contribution in [3.8, 4) is 0 Å². The molecule has 2 heterocycles. The Morgan fingerprint density at radius 3 is 2.57 bits per heavy atom. The third kappa shape index (κ3) is 3.56. The highest BCUT2D eigenvalue weighted by molar-refractivity contribution is 7.12. The quantitative estimate of drug-likeness (QED) is 0.536. The first kappa shape index (κ1) is 18.4. The SMILES string of the molecule is C=Cc1ccc(CN2C(=O)CC(c3cccs3)=Nc3cc(C)c(C)cc32)cc1. The molecule has 4 rings (SSSR count). The molecule has 0 radical (unpaired) electrons. The summed E-state index contributed by atoms with van der Waals surface area (Å²) in [5, 5.41) is 2.02. The zero-order valence-electron chi connectivity index (χ0n) is 16.1. The zero-order chi connectivity index (χ0) is 19.7. The van der Waals surface area contributed by atoms with Gasteiger partial charge in [0.25, 0.3) is 0 Å². The Morgan fingerprint density at radius 2 is 1.89 bits per heavy atom. The van der Waals surface area contributed by atoms with Gasteiger partial charge in [-0.05, 0) is 59.7 Å². The van der Waals surface area contributed by atoms with Crippen LogP contribution in [-0.2, 0) is 11.3 Å². The van der Waals surface area contributed by atoms with Crippen LogP contribution < -0.4 is 4.90 Å². The summed E-state index contributed by atoms with van der Waals surface area (Å²) in [6.45, 7) is 8.49. The average Bonchev–Trinajstić information content (AvgIpc) is 3.19. The number of aryl methyl sites for hydroxylation is 2. The second kappa shape index (κ2) is 7.56. The number of carbonyl (C=O) groups excluding carboxylic acids is 1. The number of hydrogen-bond acceptors (Lipinski definition) is 3. The Balaban J connectivity index is 1.77. The van der Waals surface area contributed by atoms with Crippen molar-refractivity contribution in [3.05, 3.63) is 87.6 Å². The van der Waals surface area contributed by atoms with Crippen LogP contribution >= 0.6 is 11.3 Å². The number of carbonyl (C=O) groups is 1. The fourth-order valence-corrected chi connectivity index (χ4v) is 4.06. The number of thiophene rings is 1. The van der Waals surface area contributed by atoms with Crippen molar-refractivity contribution >= 4 is 40.4 Å². The van der Waals surface area contributed by atoms with Gasteiger partial charge in [-0.25, -0.2) is 4.99 Å². The van der Waals surface area contributed by atoms with Gasteiger partial charge in [-0.1, -0.05) is 43.0 Å². The number of fused-ring (bicyclic) bond motifs is 1. The first-order valence-corrected chi connectivity index (χ1v) is 10.2. The number of amides is 1. The molecule has 0 saturated heterocycles. The number of aliphatic imine (C=N–C) groups is 1. The molecule has 2 aromatic carbocycles. The van der Waals surface area contributed by atoms with Gasteiger partial charge < -0.3 is 4.90 Å². The number of nitrogens with zero attached hydrogens (tertiary/aromatic N) is 2. The lowest BCUT2D eigenvalue weighted by atomic mass is 10.1. The minimum absolute atomic E-state index is 0.0713. The molecular formula is C24H22N2OS. The molecule has 0 atom stereocenters. The molecule has 3 nitrogen and oxygen atoms in total. The van der Waals surface area contributed by atoms with Gasteiger partial charge >= 0.3 is 0 Å². The van der Waals surface area contributed by atoms with Crippen LogP contribution in [0.25, 0.3) is 6.08 Å². The van der Waals surface area contributed by atoms with E-state index in [0.717, 1.165) is 38.7 Å². The van der Waals surface area contributed by atoms with Crippen molar-refractivity contribution in [3.63, 3.8) is 0 Å². The maximum atomic E-state index is 13.2. The molecule has 0 fully saturated rings.